The molecule has 0 aliphatic rings. The molecule has 0 aliphatic carbocycles. The van der Waals surface area contributed by atoms with Gasteiger partial charge in [0, 0.05) is 40.8 Å². The van der Waals surface area contributed by atoms with Crippen LogP contribution in [0.15, 0.2) is 42.7 Å². The number of benzene rings is 1. The largest absolute Gasteiger partial charge is 0.352 e. The van der Waals surface area contributed by atoms with Crippen LogP contribution in [0.4, 0.5) is 17.5 Å². The van der Waals surface area contributed by atoms with E-state index in [9.17, 15) is 0 Å². The lowest BCUT2D eigenvalue weighted by atomic mass is 10.1. The molecule has 2 aromatic heterocycles. The van der Waals surface area contributed by atoms with Crippen LogP contribution >= 0.6 is 11.6 Å². The highest BCUT2D eigenvalue weighted by molar-refractivity contribution is 6.30. The number of aryl methyl sites for hydroxylation is 2. The first-order chi connectivity index (χ1) is 13.0. The second-order valence-electron chi connectivity index (χ2n) is 6.70. The molecule has 0 aliphatic heterocycles. The minimum absolute atomic E-state index is 0.279. The zero-order chi connectivity index (χ0) is 19.4. The third-order valence-electron chi connectivity index (χ3n) is 4.42. The van der Waals surface area contributed by atoms with Crippen LogP contribution in [0.5, 0.6) is 0 Å². The summed E-state index contributed by atoms with van der Waals surface area (Å²) in [6, 6.07) is 9.99. The normalized spacial score (nSPS) is 11.9. The standard InChI is InChI=1S/C21H24ClN5/c1-5-15(4)24-21-25-18(16-7-6-8-23-12-16)11-19(27-21)26-20-13(2)9-17(22)10-14(20)3/h6-12,15H,5H2,1-4H3,(H2,24,25,26,27)/t15-/m1/s1. The van der Waals surface area contributed by atoms with Gasteiger partial charge in [0.25, 0.3) is 0 Å². The van der Waals surface area contributed by atoms with E-state index in [1.165, 1.54) is 0 Å². The Bertz CT molecular complexity index is 904. The lowest BCUT2D eigenvalue weighted by Crippen LogP contribution is -2.16. The molecule has 0 saturated heterocycles. The fourth-order valence-electron chi connectivity index (χ4n) is 2.80. The lowest BCUT2D eigenvalue weighted by molar-refractivity contribution is 0.753. The first kappa shape index (κ1) is 19.1. The van der Waals surface area contributed by atoms with Crippen LogP contribution in [0, 0.1) is 13.8 Å². The van der Waals surface area contributed by atoms with Crippen molar-refractivity contribution in [2.75, 3.05) is 10.6 Å². The molecule has 27 heavy (non-hydrogen) atoms. The quantitative estimate of drug-likeness (QED) is 0.568. The van der Waals surface area contributed by atoms with Crippen LogP contribution in [0.25, 0.3) is 11.3 Å². The highest BCUT2D eigenvalue weighted by Gasteiger charge is 2.11. The first-order valence-electron chi connectivity index (χ1n) is 9.06. The van der Waals surface area contributed by atoms with E-state index < -0.39 is 0 Å². The predicted octanol–water partition coefficient (Wildman–Crippen LogP) is 5.76. The van der Waals surface area contributed by atoms with E-state index in [2.05, 4.69) is 39.4 Å². The van der Waals surface area contributed by atoms with Crippen molar-refractivity contribution in [3.05, 3.63) is 58.9 Å². The molecule has 0 saturated carbocycles. The Morgan fingerprint density at radius 2 is 1.85 bits per heavy atom. The Hall–Kier alpha value is -2.66. The minimum Gasteiger partial charge on any atom is -0.352 e. The fraction of sp³-hybridized carbons (Fsp3) is 0.286. The first-order valence-corrected chi connectivity index (χ1v) is 9.44. The van der Waals surface area contributed by atoms with Gasteiger partial charge in [-0.1, -0.05) is 18.5 Å². The molecule has 140 valence electrons. The topological polar surface area (TPSA) is 62.7 Å². The average Bonchev–Trinajstić information content (AvgIpc) is 2.65. The molecule has 1 atom stereocenters. The predicted molar refractivity (Wildman–Crippen MR) is 113 cm³/mol. The van der Waals surface area contributed by atoms with E-state index >= 15 is 0 Å². The van der Waals surface area contributed by atoms with Gasteiger partial charge in [-0.05, 0) is 62.6 Å². The second kappa shape index (κ2) is 8.35. The minimum atomic E-state index is 0.279. The third-order valence-corrected chi connectivity index (χ3v) is 4.64. The Labute approximate surface area is 165 Å². The van der Waals surface area contributed by atoms with Gasteiger partial charge in [0.15, 0.2) is 0 Å². The molecule has 6 heteroatoms. The molecule has 0 unspecified atom stereocenters. The van der Waals surface area contributed by atoms with Gasteiger partial charge in [-0.2, -0.15) is 4.98 Å². The Kier molecular flexibility index (Phi) is 5.91. The number of halogens is 1. The van der Waals surface area contributed by atoms with Crippen molar-refractivity contribution in [3.63, 3.8) is 0 Å². The van der Waals surface area contributed by atoms with E-state index in [-0.39, 0.29) is 6.04 Å². The summed E-state index contributed by atoms with van der Waals surface area (Å²) in [5.74, 6) is 1.32. The van der Waals surface area contributed by atoms with Crippen LogP contribution in [0.2, 0.25) is 5.02 Å². The van der Waals surface area contributed by atoms with Gasteiger partial charge in [0.1, 0.15) is 5.82 Å². The fourth-order valence-corrected chi connectivity index (χ4v) is 3.12. The van der Waals surface area contributed by atoms with Crippen LogP contribution in [-0.4, -0.2) is 21.0 Å². The number of aromatic nitrogens is 3. The van der Waals surface area contributed by atoms with Crippen molar-refractivity contribution < 1.29 is 0 Å². The molecule has 1 aromatic carbocycles. The van der Waals surface area contributed by atoms with E-state index in [0.717, 1.165) is 45.3 Å². The molecule has 5 nitrogen and oxygen atoms in total. The molecule has 2 heterocycles. The molecule has 3 aromatic rings. The molecule has 0 fully saturated rings. The summed E-state index contributed by atoms with van der Waals surface area (Å²) in [5, 5.41) is 7.53. The maximum atomic E-state index is 6.16. The zero-order valence-electron chi connectivity index (χ0n) is 16.0. The van der Waals surface area contributed by atoms with Crippen molar-refractivity contribution in [1.29, 1.82) is 0 Å². The summed E-state index contributed by atoms with van der Waals surface area (Å²) in [5.41, 5.74) is 4.90. The van der Waals surface area contributed by atoms with E-state index in [0.29, 0.717) is 5.95 Å². The highest BCUT2D eigenvalue weighted by atomic mass is 35.5. The number of anilines is 3. The van der Waals surface area contributed by atoms with E-state index in [1.807, 2.05) is 44.2 Å². The van der Waals surface area contributed by atoms with Crippen LogP contribution in [0.1, 0.15) is 31.4 Å². The molecule has 3 rings (SSSR count). The SMILES string of the molecule is CC[C@@H](C)Nc1nc(Nc2c(C)cc(Cl)cc2C)cc(-c2cccnc2)n1. The number of pyridine rings is 1. The summed E-state index contributed by atoms with van der Waals surface area (Å²) in [7, 11) is 0. The van der Waals surface area contributed by atoms with Gasteiger partial charge in [-0.15, -0.1) is 0 Å². The molecular formula is C21H24ClN5. The van der Waals surface area contributed by atoms with Crippen molar-refractivity contribution in [2.24, 2.45) is 0 Å². The van der Waals surface area contributed by atoms with Gasteiger partial charge in [0.05, 0.1) is 5.69 Å². The van der Waals surface area contributed by atoms with E-state index in [1.54, 1.807) is 12.4 Å². The van der Waals surface area contributed by atoms with Gasteiger partial charge in [-0.25, -0.2) is 4.98 Å². The highest BCUT2D eigenvalue weighted by Crippen LogP contribution is 2.29. The van der Waals surface area contributed by atoms with Crippen LogP contribution in [0.3, 0.4) is 0 Å². The number of hydrogen-bond acceptors (Lipinski definition) is 5. The molecular weight excluding hydrogens is 358 g/mol. The van der Waals surface area contributed by atoms with Gasteiger partial charge >= 0.3 is 0 Å². The Balaban J connectivity index is 2.02. The maximum absolute atomic E-state index is 6.16. The van der Waals surface area contributed by atoms with Crippen molar-refractivity contribution in [3.8, 4) is 11.3 Å². The summed E-state index contributed by atoms with van der Waals surface area (Å²) in [4.78, 5) is 13.5. The average molecular weight is 382 g/mol. The van der Waals surface area contributed by atoms with Crippen LogP contribution in [-0.2, 0) is 0 Å². The molecule has 0 spiro atoms. The van der Waals surface area contributed by atoms with Crippen molar-refractivity contribution in [2.45, 2.75) is 40.2 Å². The Morgan fingerprint density at radius 1 is 1.11 bits per heavy atom. The van der Waals surface area contributed by atoms with Gasteiger partial charge in [0.2, 0.25) is 5.95 Å². The van der Waals surface area contributed by atoms with Crippen molar-refractivity contribution >= 4 is 29.1 Å². The number of rotatable bonds is 6. The summed E-state index contributed by atoms with van der Waals surface area (Å²) < 4.78 is 0. The summed E-state index contributed by atoms with van der Waals surface area (Å²) >= 11 is 6.16. The zero-order valence-corrected chi connectivity index (χ0v) is 16.8. The van der Waals surface area contributed by atoms with Gasteiger partial charge < -0.3 is 10.6 Å². The van der Waals surface area contributed by atoms with Crippen molar-refractivity contribution in [1.82, 2.24) is 15.0 Å². The molecule has 0 radical (unpaired) electrons. The van der Waals surface area contributed by atoms with Gasteiger partial charge in [-0.3, -0.25) is 4.98 Å². The molecule has 2 N–H and O–H groups in total. The smallest absolute Gasteiger partial charge is 0.225 e. The molecule has 0 amide bonds. The summed E-state index contributed by atoms with van der Waals surface area (Å²) in [6.45, 7) is 8.30. The monoisotopic (exact) mass is 381 g/mol. The summed E-state index contributed by atoms with van der Waals surface area (Å²) in [6.07, 6.45) is 4.54. The van der Waals surface area contributed by atoms with E-state index in [4.69, 9.17) is 11.6 Å². The third kappa shape index (κ3) is 4.74. The number of nitrogens with zero attached hydrogens (tertiary/aromatic N) is 3. The Morgan fingerprint density at radius 3 is 2.48 bits per heavy atom. The van der Waals surface area contributed by atoms with Crippen LogP contribution < -0.4 is 10.6 Å². The molecule has 0 bridgehead atoms. The number of hydrogen-bond donors (Lipinski definition) is 2. The maximum Gasteiger partial charge on any atom is 0.225 e. The number of nitrogens with one attached hydrogen (secondary N) is 2. The lowest BCUT2D eigenvalue weighted by Gasteiger charge is -2.16. The second-order valence-corrected chi connectivity index (χ2v) is 7.13.